The van der Waals surface area contributed by atoms with Crippen LogP contribution < -0.4 is 10.1 Å². The number of amides is 1. The summed E-state index contributed by atoms with van der Waals surface area (Å²) in [5, 5.41) is 11.7. The quantitative estimate of drug-likeness (QED) is 0.882. The number of hydrogen-bond donors (Lipinski definition) is 2. The number of aliphatic hydroxyl groups is 1. The molecule has 0 fully saturated rings. The molecule has 0 aromatic heterocycles. The maximum atomic E-state index is 14.3. The minimum Gasteiger partial charge on any atom is -0.497 e. The number of nitrogens with one attached hydrogen (secondary N) is 1. The molecule has 0 saturated heterocycles. The summed E-state index contributed by atoms with van der Waals surface area (Å²) in [4.78, 5) is 12.1. The predicted molar refractivity (Wildman–Crippen MR) is 87.0 cm³/mol. The molecule has 0 unspecified atom stereocenters. The van der Waals surface area contributed by atoms with E-state index < -0.39 is 23.1 Å². The van der Waals surface area contributed by atoms with Gasteiger partial charge in [0.1, 0.15) is 17.4 Å². The number of halogens is 2. The molecule has 2 aromatic carbocycles. The number of hydrogen-bond acceptors (Lipinski definition) is 3. The van der Waals surface area contributed by atoms with Gasteiger partial charge in [-0.1, -0.05) is 6.07 Å². The molecule has 4 nitrogen and oxygen atoms in total. The summed E-state index contributed by atoms with van der Waals surface area (Å²) in [6, 6.07) is 8.12. The first-order valence-corrected chi connectivity index (χ1v) is 7.34. The molecule has 24 heavy (non-hydrogen) atoms. The Balaban J connectivity index is 2.32. The van der Waals surface area contributed by atoms with E-state index in [0.717, 1.165) is 6.07 Å². The van der Waals surface area contributed by atoms with Crippen molar-refractivity contribution in [2.75, 3.05) is 13.7 Å². The van der Waals surface area contributed by atoms with Crippen LogP contribution in [0.2, 0.25) is 0 Å². The number of rotatable bonds is 5. The Morgan fingerprint density at radius 2 is 1.88 bits per heavy atom. The van der Waals surface area contributed by atoms with Crippen LogP contribution >= 0.6 is 0 Å². The van der Waals surface area contributed by atoms with E-state index in [4.69, 9.17) is 9.84 Å². The number of carbonyl (C=O) groups is 1. The molecule has 0 aliphatic heterocycles. The zero-order chi connectivity index (χ0) is 17.9. The number of ether oxygens (including phenoxy) is 1. The van der Waals surface area contributed by atoms with Crippen molar-refractivity contribution in [3.8, 4) is 16.9 Å². The van der Waals surface area contributed by atoms with Crippen LogP contribution in [-0.4, -0.2) is 30.3 Å². The SMILES string of the molecule is COc1ccc(-c2ccc(C(=O)NC(C)(C)CO)c(F)c2)c(F)c1. The molecular weight excluding hydrogens is 316 g/mol. The Morgan fingerprint density at radius 1 is 1.17 bits per heavy atom. The monoisotopic (exact) mass is 335 g/mol. The van der Waals surface area contributed by atoms with Crippen molar-refractivity contribution in [2.24, 2.45) is 0 Å². The fourth-order valence-corrected chi connectivity index (χ4v) is 2.14. The largest absolute Gasteiger partial charge is 0.497 e. The Hall–Kier alpha value is -2.47. The molecule has 0 atom stereocenters. The van der Waals surface area contributed by atoms with Crippen LogP contribution in [0.4, 0.5) is 8.78 Å². The van der Waals surface area contributed by atoms with Gasteiger partial charge in [0, 0.05) is 11.6 Å². The van der Waals surface area contributed by atoms with Crippen molar-refractivity contribution >= 4 is 5.91 Å². The van der Waals surface area contributed by atoms with Gasteiger partial charge in [-0.3, -0.25) is 4.79 Å². The van der Waals surface area contributed by atoms with Gasteiger partial charge in [0.2, 0.25) is 0 Å². The third kappa shape index (κ3) is 3.89. The van der Waals surface area contributed by atoms with Crippen molar-refractivity contribution in [2.45, 2.75) is 19.4 Å². The lowest BCUT2D eigenvalue weighted by Gasteiger charge is -2.23. The van der Waals surface area contributed by atoms with Gasteiger partial charge in [-0.15, -0.1) is 0 Å². The molecule has 0 saturated carbocycles. The van der Waals surface area contributed by atoms with Gasteiger partial charge in [-0.25, -0.2) is 8.78 Å². The summed E-state index contributed by atoms with van der Waals surface area (Å²) >= 11 is 0. The van der Waals surface area contributed by atoms with Crippen LogP contribution in [0.5, 0.6) is 5.75 Å². The second-order valence-corrected chi connectivity index (χ2v) is 6.04. The highest BCUT2D eigenvalue weighted by atomic mass is 19.1. The first-order chi connectivity index (χ1) is 11.3. The molecule has 0 radical (unpaired) electrons. The van der Waals surface area contributed by atoms with E-state index in [-0.39, 0.29) is 17.7 Å². The molecule has 0 heterocycles. The summed E-state index contributed by atoms with van der Waals surface area (Å²) in [6.07, 6.45) is 0. The smallest absolute Gasteiger partial charge is 0.254 e. The lowest BCUT2D eigenvalue weighted by atomic mass is 10.0. The molecule has 128 valence electrons. The van der Waals surface area contributed by atoms with Crippen LogP contribution in [0.25, 0.3) is 11.1 Å². The fourth-order valence-electron chi connectivity index (χ4n) is 2.14. The highest BCUT2D eigenvalue weighted by molar-refractivity contribution is 5.95. The highest BCUT2D eigenvalue weighted by Crippen LogP contribution is 2.27. The van der Waals surface area contributed by atoms with Gasteiger partial charge >= 0.3 is 0 Å². The fraction of sp³-hybridized carbons (Fsp3) is 0.278. The molecule has 0 aliphatic rings. The van der Waals surface area contributed by atoms with Crippen molar-refractivity contribution in [1.29, 1.82) is 0 Å². The topological polar surface area (TPSA) is 58.6 Å². The van der Waals surface area contributed by atoms with Gasteiger partial charge in [-0.05, 0) is 43.7 Å². The van der Waals surface area contributed by atoms with E-state index in [0.29, 0.717) is 11.3 Å². The van der Waals surface area contributed by atoms with Crippen LogP contribution in [-0.2, 0) is 0 Å². The van der Waals surface area contributed by atoms with Crippen molar-refractivity contribution in [3.05, 3.63) is 53.6 Å². The summed E-state index contributed by atoms with van der Waals surface area (Å²) < 4.78 is 33.3. The second kappa shape index (κ2) is 6.97. The zero-order valence-corrected chi connectivity index (χ0v) is 13.7. The summed E-state index contributed by atoms with van der Waals surface area (Å²) in [5.74, 6) is -1.60. The summed E-state index contributed by atoms with van der Waals surface area (Å²) in [6.45, 7) is 2.95. The average Bonchev–Trinajstić information content (AvgIpc) is 2.54. The lowest BCUT2D eigenvalue weighted by molar-refractivity contribution is 0.0865. The summed E-state index contributed by atoms with van der Waals surface area (Å²) in [7, 11) is 1.43. The van der Waals surface area contributed by atoms with E-state index in [2.05, 4.69) is 5.32 Å². The number of methoxy groups -OCH3 is 1. The van der Waals surface area contributed by atoms with Crippen LogP contribution in [0.3, 0.4) is 0 Å². The lowest BCUT2D eigenvalue weighted by Crippen LogP contribution is -2.46. The maximum Gasteiger partial charge on any atom is 0.254 e. The van der Waals surface area contributed by atoms with Gasteiger partial charge in [0.25, 0.3) is 5.91 Å². The van der Waals surface area contributed by atoms with Gasteiger partial charge < -0.3 is 15.2 Å². The van der Waals surface area contributed by atoms with Crippen LogP contribution in [0.15, 0.2) is 36.4 Å². The van der Waals surface area contributed by atoms with Crippen LogP contribution in [0.1, 0.15) is 24.2 Å². The van der Waals surface area contributed by atoms with E-state index in [1.807, 2.05) is 0 Å². The Kier molecular flexibility index (Phi) is 5.19. The molecule has 0 spiro atoms. The minimum atomic E-state index is -0.871. The van der Waals surface area contributed by atoms with E-state index in [1.165, 1.54) is 31.4 Å². The molecular formula is C18H19F2NO3. The standard InChI is InChI=1S/C18H19F2NO3/c1-18(2,10-22)21-17(23)14-6-4-11(8-15(14)19)13-7-5-12(24-3)9-16(13)20/h4-9,22H,10H2,1-3H3,(H,21,23). The summed E-state index contributed by atoms with van der Waals surface area (Å²) in [5.41, 5.74) is -0.526. The molecule has 2 N–H and O–H groups in total. The molecule has 1 amide bonds. The Morgan fingerprint density at radius 3 is 2.42 bits per heavy atom. The number of carbonyl (C=O) groups excluding carboxylic acids is 1. The molecule has 2 aromatic rings. The predicted octanol–water partition coefficient (Wildman–Crippen LogP) is 3.14. The highest BCUT2D eigenvalue weighted by Gasteiger charge is 2.22. The maximum absolute atomic E-state index is 14.3. The van der Waals surface area contributed by atoms with Crippen molar-refractivity contribution in [3.63, 3.8) is 0 Å². The van der Waals surface area contributed by atoms with Gasteiger partial charge in [0.05, 0.1) is 24.8 Å². The third-order valence-electron chi connectivity index (χ3n) is 3.55. The first-order valence-electron chi connectivity index (χ1n) is 7.34. The van der Waals surface area contributed by atoms with E-state index in [9.17, 15) is 13.6 Å². The van der Waals surface area contributed by atoms with Gasteiger partial charge in [0.15, 0.2) is 0 Å². The van der Waals surface area contributed by atoms with Crippen molar-refractivity contribution < 1.29 is 23.4 Å². The molecule has 6 heteroatoms. The molecule has 2 rings (SSSR count). The van der Waals surface area contributed by atoms with E-state index >= 15 is 0 Å². The number of benzene rings is 2. The Labute approximate surface area is 139 Å². The zero-order valence-electron chi connectivity index (χ0n) is 13.7. The first kappa shape index (κ1) is 17.9. The average molecular weight is 335 g/mol. The second-order valence-electron chi connectivity index (χ2n) is 6.04. The van der Waals surface area contributed by atoms with E-state index in [1.54, 1.807) is 19.9 Å². The molecule has 0 bridgehead atoms. The Bertz CT molecular complexity index is 760. The minimum absolute atomic E-state index is 0.172. The normalized spacial score (nSPS) is 11.2. The molecule has 0 aliphatic carbocycles. The number of aliphatic hydroxyl groups excluding tert-OH is 1. The van der Waals surface area contributed by atoms with Gasteiger partial charge in [-0.2, -0.15) is 0 Å². The third-order valence-corrected chi connectivity index (χ3v) is 3.55. The van der Waals surface area contributed by atoms with Crippen LogP contribution in [0, 0.1) is 11.6 Å². The van der Waals surface area contributed by atoms with Crippen molar-refractivity contribution in [1.82, 2.24) is 5.32 Å².